The summed E-state index contributed by atoms with van der Waals surface area (Å²) in [7, 11) is 0. The molecular weight excluding hydrogens is 250 g/mol. The average molecular weight is 277 g/mol. The van der Waals surface area contributed by atoms with Crippen LogP contribution in [0.3, 0.4) is 0 Å². The highest BCUT2D eigenvalue weighted by molar-refractivity contribution is 5.43. The molecule has 1 heterocycles. The van der Waals surface area contributed by atoms with Gasteiger partial charge in [-0.3, -0.25) is 0 Å². The first-order valence-electron chi connectivity index (χ1n) is 7.70. The Morgan fingerprint density at radius 1 is 1.35 bits per heavy atom. The van der Waals surface area contributed by atoms with Gasteiger partial charge in [0.25, 0.3) is 0 Å². The Kier molecular flexibility index (Phi) is 5.44. The highest BCUT2D eigenvalue weighted by Gasteiger charge is 2.17. The molecule has 0 amide bonds. The third-order valence-electron chi connectivity index (χ3n) is 3.98. The van der Waals surface area contributed by atoms with Gasteiger partial charge in [0.05, 0.1) is 6.10 Å². The van der Waals surface area contributed by atoms with Gasteiger partial charge in [0.2, 0.25) is 0 Å². The lowest BCUT2D eigenvalue weighted by Gasteiger charge is -2.17. The van der Waals surface area contributed by atoms with Gasteiger partial charge in [-0.25, -0.2) is 0 Å². The molecule has 2 unspecified atom stereocenters. The summed E-state index contributed by atoms with van der Waals surface area (Å²) in [5.41, 5.74) is 9.73. The number of rotatable bonds is 6. The molecule has 1 aromatic rings. The first-order chi connectivity index (χ1) is 9.60. The molecule has 1 saturated heterocycles. The maximum atomic E-state index is 6.04. The van der Waals surface area contributed by atoms with E-state index in [1.165, 1.54) is 16.7 Å². The summed E-state index contributed by atoms with van der Waals surface area (Å²) >= 11 is 0. The molecule has 0 saturated carbocycles. The minimum atomic E-state index is 0.243. The number of hydrogen-bond donors (Lipinski definition) is 1. The van der Waals surface area contributed by atoms with Crippen molar-refractivity contribution in [1.82, 2.24) is 0 Å². The fourth-order valence-electron chi connectivity index (χ4n) is 2.78. The summed E-state index contributed by atoms with van der Waals surface area (Å²) in [6.07, 6.45) is 4.47. The summed E-state index contributed by atoms with van der Waals surface area (Å²) in [5.74, 6) is 1.01. The molecule has 3 nitrogen and oxygen atoms in total. The van der Waals surface area contributed by atoms with Crippen LogP contribution in [0.25, 0.3) is 0 Å². The van der Waals surface area contributed by atoms with E-state index in [9.17, 15) is 0 Å². The van der Waals surface area contributed by atoms with Gasteiger partial charge in [0, 0.05) is 12.6 Å². The van der Waals surface area contributed by atoms with Crippen LogP contribution in [0.15, 0.2) is 12.1 Å². The molecule has 0 bridgehead atoms. The van der Waals surface area contributed by atoms with Crippen molar-refractivity contribution in [2.45, 2.75) is 58.6 Å². The second-order valence-corrected chi connectivity index (χ2v) is 5.88. The van der Waals surface area contributed by atoms with E-state index in [-0.39, 0.29) is 12.1 Å². The van der Waals surface area contributed by atoms with E-state index in [4.69, 9.17) is 15.2 Å². The first kappa shape index (κ1) is 15.3. The Labute approximate surface area is 122 Å². The quantitative estimate of drug-likeness (QED) is 0.868. The minimum Gasteiger partial charge on any atom is -0.490 e. The summed E-state index contributed by atoms with van der Waals surface area (Å²) in [6.45, 7) is 7.89. The van der Waals surface area contributed by atoms with Crippen LogP contribution >= 0.6 is 0 Å². The van der Waals surface area contributed by atoms with Crippen LogP contribution in [0, 0.1) is 13.8 Å². The average Bonchev–Trinajstić information content (AvgIpc) is 2.90. The molecule has 3 heteroatoms. The van der Waals surface area contributed by atoms with Crippen molar-refractivity contribution in [2.75, 3.05) is 13.2 Å². The molecule has 2 N–H and O–H groups in total. The maximum absolute atomic E-state index is 6.04. The Morgan fingerprint density at radius 2 is 2.05 bits per heavy atom. The van der Waals surface area contributed by atoms with Crippen LogP contribution in [0.4, 0.5) is 0 Å². The lowest BCUT2D eigenvalue weighted by atomic mass is 9.99. The molecule has 0 aliphatic carbocycles. The smallest absolute Gasteiger partial charge is 0.125 e. The summed E-state index contributed by atoms with van der Waals surface area (Å²) in [5, 5.41) is 0. The first-order valence-corrected chi connectivity index (χ1v) is 7.70. The third-order valence-corrected chi connectivity index (χ3v) is 3.98. The van der Waals surface area contributed by atoms with Crippen molar-refractivity contribution in [1.29, 1.82) is 0 Å². The second kappa shape index (κ2) is 7.09. The summed E-state index contributed by atoms with van der Waals surface area (Å²) in [4.78, 5) is 0. The zero-order chi connectivity index (χ0) is 14.5. The molecule has 20 heavy (non-hydrogen) atoms. The number of benzene rings is 1. The zero-order valence-electron chi connectivity index (χ0n) is 12.9. The van der Waals surface area contributed by atoms with Crippen molar-refractivity contribution in [3.8, 4) is 5.75 Å². The fraction of sp³-hybridized carbons (Fsp3) is 0.647. The SMILES string of the molecule is CCC(N)Cc1cc(C)c(OCC2CCCO2)c(C)c1. The molecule has 1 aliphatic rings. The van der Waals surface area contributed by atoms with E-state index in [2.05, 4.69) is 32.9 Å². The van der Waals surface area contributed by atoms with Crippen molar-refractivity contribution in [2.24, 2.45) is 5.73 Å². The lowest BCUT2D eigenvalue weighted by molar-refractivity contribution is 0.0675. The molecule has 0 aromatic heterocycles. The van der Waals surface area contributed by atoms with Gasteiger partial charge in [-0.2, -0.15) is 0 Å². The predicted octanol–water partition coefficient (Wildman–Crippen LogP) is 3.14. The van der Waals surface area contributed by atoms with E-state index in [1.54, 1.807) is 0 Å². The van der Waals surface area contributed by atoms with Gasteiger partial charge in [-0.05, 0) is 56.2 Å². The van der Waals surface area contributed by atoms with Gasteiger partial charge < -0.3 is 15.2 Å². The number of ether oxygens (including phenoxy) is 2. The minimum absolute atomic E-state index is 0.243. The summed E-state index contributed by atoms with van der Waals surface area (Å²) < 4.78 is 11.6. The standard InChI is InChI=1S/C17H27NO2/c1-4-15(18)10-14-8-12(2)17(13(3)9-14)20-11-16-6-5-7-19-16/h8-9,15-16H,4-7,10-11,18H2,1-3H3. The summed E-state index contributed by atoms with van der Waals surface area (Å²) in [6, 6.07) is 4.65. The Balaban J connectivity index is 2.01. The molecule has 0 radical (unpaired) electrons. The molecule has 1 fully saturated rings. The number of hydrogen-bond acceptors (Lipinski definition) is 3. The molecule has 2 rings (SSSR count). The van der Waals surface area contributed by atoms with Crippen LogP contribution in [0.2, 0.25) is 0 Å². The molecule has 112 valence electrons. The van der Waals surface area contributed by atoms with E-state index in [1.807, 2.05) is 0 Å². The van der Waals surface area contributed by atoms with E-state index in [0.717, 1.165) is 38.0 Å². The zero-order valence-corrected chi connectivity index (χ0v) is 12.9. The molecule has 1 aliphatic heterocycles. The molecule has 2 atom stereocenters. The van der Waals surface area contributed by atoms with Crippen molar-refractivity contribution in [3.05, 3.63) is 28.8 Å². The lowest BCUT2D eigenvalue weighted by Crippen LogP contribution is -2.21. The van der Waals surface area contributed by atoms with Gasteiger partial charge >= 0.3 is 0 Å². The largest absolute Gasteiger partial charge is 0.490 e. The number of aryl methyl sites for hydroxylation is 2. The van der Waals surface area contributed by atoms with Crippen LogP contribution in [0.1, 0.15) is 42.9 Å². The molecular formula is C17H27NO2. The Morgan fingerprint density at radius 3 is 2.60 bits per heavy atom. The third kappa shape index (κ3) is 3.97. The van der Waals surface area contributed by atoms with Crippen molar-refractivity contribution >= 4 is 0 Å². The van der Waals surface area contributed by atoms with Gasteiger partial charge in [-0.1, -0.05) is 19.1 Å². The highest BCUT2D eigenvalue weighted by Crippen LogP contribution is 2.26. The monoisotopic (exact) mass is 277 g/mol. The van der Waals surface area contributed by atoms with Gasteiger partial charge in [0.15, 0.2) is 0 Å². The van der Waals surface area contributed by atoms with E-state index in [0.29, 0.717) is 6.61 Å². The highest BCUT2D eigenvalue weighted by atomic mass is 16.5. The van der Waals surface area contributed by atoms with Crippen LogP contribution < -0.4 is 10.5 Å². The molecule has 1 aromatic carbocycles. The van der Waals surface area contributed by atoms with E-state index < -0.39 is 0 Å². The van der Waals surface area contributed by atoms with Crippen LogP contribution in [-0.2, 0) is 11.2 Å². The molecule has 0 spiro atoms. The second-order valence-electron chi connectivity index (χ2n) is 5.88. The van der Waals surface area contributed by atoms with Crippen molar-refractivity contribution < 1.29 is 9.47 Å². The van der Waals surface area contributed by atoms with Crippen LogP contribution in [-0.4, -0.2) is 25.4 Å². The van der Waals surface area contributed by atoms with Gasteiger partial charge in [0.1, 0.15) is 12.4 Å². The topological polar surface area (TPSA) is 44.5 Å². The Hall–Kier alpha value is -1.06. The normalized spacial score (nSPS) is 20.1. The van der Waals surface area contributed by atoms with Gasteiger partial charge in [-0.15, -0.1) is 0 Å². The fourth-order valence-corrected chi connectivity index (χ4v) is 2.78. The van der Waals surface area contributed by atoms with Crippen LogP contribution in [0.5, 0.6) is 5.75 Å². The predicted molar refractivity (Wildman–Crippen MR) is 82.4 cm³/mol. The maximum Gasteiger partial charge on any atom is 0.125 e. The number of nitrogens with two attached hydrogens (primary N) is 1. The van der Waals surface area contributed by atoms with Crippen molar-refractivity contribution in [3.63, 3.8) is 0 Å². The Bertz CT molecular complexity index is 416. The van der Waals surface area contributed by atoms with E-state index >= 15 is 0 Å².